The van der Waals surface area contributed by atoms with Gasteiger partial charge in [-0.15, -0.1) is 0 Å². The Morgan fingerprint density at radius 3 is 1.69 bits per heavy atom. The molecule has 3 N–H and O–H groups in total. The highest BCUT2D eigenvalue weighted by atomic mass is 16.3. The van der Waals surface area contributed by atoms with Crippen LogP contribution in [0, 0.1) is 0 Å². The average Bonchev–Trinajstić information content (AvgIpc) is 2.69. The van der Waals surface area contributed by atoms with Gasteiger partial charge in [-0.2, -0.15) is 0 Å². The summed E-state index contributed by atoms with van der Waals surface area (Å²) in [6.45, 7) is 15.3. The molecule has 0 aliphatic heterocycles. The van der Waals surface area contributed by atoms with Gasteiger partial charge in [-0.3, -0.25) is 4.79 Å². The summed E-state index contributed by atoms with van der Waals surface area (Å²) in [5.41, 5.74) is 2.81. The monoisotopic (exact) mass is 439 g/mol. The van der Waals surface area contributed by atoms with Crippen molar-refractivity contribution in [3.8, 4) is 11.5 Å². The molecule has 0 atom stereocenters. The summed E-state index contributed by atoms with van der Waals surface area (Å²) in [5.74, 6) is -0.885. The maximum Gasteiger partial charge on any atom is 0.232 e. The third kappa shape index (κ3) is 6.51. The molecule has 2 rings (SSSR count). The molecule has 4 heteroatoms. The maximum absolute atomic E-state index is 13.5. The lowest BCUT2D eigenvalue weighted by Crippen LogP contribution is -2.31. The van der Waals surface area contributed by atoms with Gasteiger partial charge in [0.2, 0.25) is 5.91 Å². The summed E-state index contributed by atoms with van der Waals surface area (Å²) >= 11 is 0. The van der Waals surface area contributed by atoms with Gasteiger partial charge in [0.15, 0.2) is 0 Å². The van der Waals surface area contributed by atoms with Gasteiger partial charge < -0.3 is 15.5 Å². The van der Waals surface area contributed by atoms with Crippen molar-refractivity contribution in [3.05, 3.63) is 58.7 Å². The molecule has 4 nitrogen and oxygen atoms in total. The molecule has 0 unspecified atom stereocenters. The van der Waals surface area contributed by atoms with E-state index in [9.17, 15) is 15.0 Å². The van der Waals surface area contributed by atoms with Crippen molar-refractivity contribution in [2.24, 2.45) is 0 Å². The minimum Gasteiger partial charge on any atom is -0.508 e. The first-order valence-corrected chi connectivity index (χ1v) is 11.8. The van der Waals surface area contributed by atoms with E-state index in [4.69, 9.17) is 0 Å². The molecule has 2 aromatic carbocycles. The predicted octanol–water partition coefficient (Wildman–Crippen LogP) is 6.52. The molecular formula is C28H41NO3. The summed E-state index contributed by atoms with van der Waals surface area (Å²) in [7, 11) is 0. The normalized spacial score (nSPS) is 12.2. The largest absolute Gasteiger partial charge is 0.508 e. The standard InChI is InChI=1S/C28H41NO3/c1-8-9-10-11-16-29-26(32)25(21-17-19(27(2,3)4)12-14-23(21)30)22-18-20(28(5,6)7)13-15-24(22)31/h12-15,17-18,25,30-31H,8-11,16H2,1-7H3,(H,29,32). The van der Waals surface area contributed by atoms with Crippen molar-refractivity contribution in [3.63, 3.8) is 0 Å². The molecule has 1 amide bonds. The molecule has 0 saturated heterocycles. The van der Waals surface area contributed by atoms with Crippen LogP contribution in [0.25, 0.3) is 0 Å². The number of carbonyl (C=O) groups excluding carboxylic acids is 1. The summed E-state index contributed by atoms with van der Waals surface area (Å²) < 4.78 is 0. The summed E-state index contributed by atoms with van der Waals surface area (Å²) in [4.78, 5) is 13.5. The highest BCUT2D eigenvalue weighted by Gasteiger charge is 2.30. The Morgan fingerprint density at radius 2 is 1.28 bits per heavy atom. The van der Waals surface area contributed by atoms with E-state index in [0.29, 0.717) is 17.7 Å². The first-order chi connectivity index (χ1) is 14.9. The van der Waals surface area contributed by atoms with Crippen molar-refractivity contribution in [1.29, 1.82) is 0 Å². The number of nitrogens with one attached hydrogen (secondary N) is 1. The van der Waals surface area contributed by atoms with Crippen LogP contribution in [0.5, 0.6) is 11.5 Å². The molecule has 0 aromatic heterocycles. The zero-order valence-electron chi connectivity index (χ0n) is 20.9. The first kappa shape index (κ1) is 25.8. The summed E-state index contributed by atoms with van der Waals surface area (Å²) in [5, 5.41) is 24.6. The van der Waals surface area contributed by atoms with E-state index >= 15 is 0 Å². The van der Waals surface area contributed by atoms with E-state index in [0.717, 1.165) is 36.8 Å². The molecule has 0 bridgehead atoms. The number of phenolic OH excluding ortho intramolecular Hbond substituents is 2. The van der Waals surface area contributed by atoms with Gasteiger partial charge in [-0.1, -0.05) is 92.0 Å². The molecule has 0 fully saturated rings. The molecular weight excluding hydrogens is 398 g/mol. The van der Waals surface area contributed by atoms with Gasteiger partial charge in [0.05, 0.1) is 5.92 Å². The number of hydrogen-bond donors (Lipinski definition) is 3. The molecule has 0 radical (unpaired) electrons. The Labute approximate surface area is 194 Å². The topological polar surface area (TPSA) is 69.6 Å². The van der Waals surface area contributed by atoms with Crippen molar-refractivity contribution in [2.45, 2.75) is 90.9 Å². The van der Waals surface area contributed by atoms with E-state index in [1.807, 2.05) is 24.3 Å². The first-order valence-electron chi connectivity index (χ1n) is 11.8. The third-order valence-electron chi connectivity index (χ3n) is 6.00. The lowest BCUT2D eigenvalue weighted by atomic mass is 9.80. The van der Waals surface area contributed by atoms with E-state index < -0.39 is 5.92 Å². The molecule has 2 aromatic rings. The molecule has 0 spiro atoms. The van der Waals surface area contributed by atoms with Gasteiger partial charge in [-0.05, 0) is 40.5 Å². The lowest BCUT2D eigenvalue weighted by Gasteiger charge is -2.26. The van der Waals surface area contributed by atoms with Gasteiger partial charge in [0, 0.05) is 17.7 Å². The number of aromatic hydroxyl groups is 2. The Hall–Kier alpha value is -2.49. The number of hydrogen-bond acceptors (Lipinski definition) is 3. The molecule has 32 heavy (non-hydrogen) atoms. The van der Waals surface area contributed by atoms with Crippen LogP contribution >= 0.6 is 0 Å². The van der Waals surface area contributed by atoms with Crippen LogP contribution in [0.4, 0.5) is 0 Å². The third-order valence-corrected chi connectivity index (χ3v) is 6.00. The van der Waals surface area contributed by atoms with E-state index in [1.54, 1.807) is 12.1 Å². The maximum atomic E-state index is 13.5. The Bertz CT molecular complexity index is 856. The van der Waals surface area contributed by atoms with Gasteiger partial charge in [-0.25, -0.2) is 0 Å². The van der Waals surface area contributed by atoms with Crippen LogP contribution in [0.15, 0.2) is 36.4 Å². The average molecular weight is 440 g/mol. The molecule has 176 valence electrons. The quantitative estimate of drug-likeness (QED) is 0.410. The Balaban J connectivity index is 2.56. The second-order valence-corrected chi connectivity index (χ2v) is 10.8. The Kier molecular flexibility index (Phi) is 8.39. The molecule has 0 saturated carbocycles. The highest BCUT2D eigenvalue weighted by molar-refractivity contribution is 5.89. The second-order valence-electron chi connectivity index (χ2n) is 10.8. The van der Waals surface area contributed by atoms with E-state index in [1.165, 1.54) is 0 Å². The summed E-state index contributed by atoms with van der Waals surface area (Å²) in [6.07, 6.45) is 4.25. The van der Waals surface area contributed by atoms with Crippen LogP contribution in [0.1, 0.15) is 102 Å². The molecule has 0 aliphatic carbocycles. The minimum atomic E-state index is -0.800. The van der Waals surface area contributed by atoms with Gasteiger partial charge in [0.25, 0.3) is 0 Å². The lowest BCUT2D eigenvalue weighted by molar-refractivity contribution is -0.121. The van der Waals surface area contributed by atoms with Crippen LogP contribution in [-0.4, -0.2) is 22.7 Å². The zero-order chi connectivity index (χ0) is 24.1. The van der Waals surface area contributed by atoms with Gasteiger partial charge in [0.1, 0.15) is 11.5 Å². The fourth-order valence-electron chi connectivity index (χ4n) is 3.82. The van der Waals surface area contributed by atoms with Crippen molar-refractivity contribution in [2.75, 3.05) is 6.54 Å². The highest BCUT2D eigenvalue weighted by Crippen LogP contribution is 2.40. The van der Waals surface area contributed by atoms with Gasteiger partial charge >= 0.3 is 0 Å². The van der Waals surface area contributed by atoms with Crippen molar-refractivity contribution >= 4 is 5.91 Å². The zero-order valence-corrected chi connectivity index (χ0v) is 20.9. The number of carbonyl (C=O) groups is 1. The summed E-state index contributed by atoms with van der Waals surface area (Å²) in [6, 6.07) is 10.9. The molecule has 0 aliphatic rings. The van der Waals surface area contributed by atoms with Crippen LogP contribution in [0.3, 0.4) is 0 Å². The number of amides is 1. The van der Waals surface area contributed by atoms with Crippen molar-refractivity contribution in [1.82, 2.24) is 5.32 Å². The van der Waals surface area contributed by atoms with E-state index in [2.05, 4.69) is 53.8 Å². The van der Waals surface area contributed by atoms with Crippen molar-refractivity contribution < 1.29 is 15.0 Å². The minimum absolute atomic E-state index is 0.0599. The molecule has 0 heterocycles. The smallest absolute Gasteiger partial charge is 0.232 e. The number of benzene rings is 2. The van der Waals surface area contributed by atoms with Crippen LogP contribution in [0.2, 0.25) is 0 Å². The number of unbranched alkanes of at least 4 members (excludes halogenated alkanes) is 3. The second kappa shape index (κ2) is 10.4. The fraction of sp³-hybridized carbons (Fsp3) is 0.536. The SMILES string of the molecule is CCCCCCNC(=O)C(c1cc(C(C)(C)C)ccc1O)c1cc(C(C)(C)C)ccc1O. The Morgan fingerprint density at radius 1 is 0.812 bits per heavy atom. The van der Waals surface area contributed by atoms with Crippen LogP contribution in [-0.2, 0) is 15.6 Å². The fourth-order valence-corrected chi connectivity index (χ4v) is 3.82. The van der Waals surface area contributed by atoms with Crippen LogP contribution < -0.4 is 5.32 Å². The predicted molar refractivity (Wildman–Crippen MR) is 133 cm³/mol. The number of rotatable bonds is 8. The number of phenols is 2. The van der Waals surface area contributed by atoms with E-state index in [-0.39, 0.29) is 28.2 Å².